The number of nitrogens with zero attached hydrogens (tertiary/aromatic N) is 18. The van der Waals surface area contributed by atoms with Gasteiger partial charge in [0.05, 0.1) is 67.3 Å². The molecule has 24 rings (SSSR count). The fraction of sp³-hybridized carbons (Fsp3) is 0.0500. The van der Waals surface area contributed by atoms with E-state index in [-0.39, 0.29) is 17.5 Å². The van der Waals surface area contributed by atoms with Crippen LogP contribution in [0.4, 0.5) is 48.1 Å². The predicted molar refractivity (Wildman–Crippen MR) is 599 cm³/mol. The van der Waals surface area contributed by atoms with Gasteiger partial charge in [0.15, 0.2) is 0 Å². The molecule has 0 amide bonds. The first-order chi connectivity index (χ1) is 72.8. The Hall–Kier alpha value is -19.0. The normalized spacial score (nSPS) is 11.0. The van der Waals surface area contributed by atoms with E-state index in [1.165, 1.54) is 67.8 Å². The number of pyridine rings is 6. The average Bonchev–Trinajstić information content (AvgIpc) is 0.798. The van der Waals surface area contributed by atoms with E-state index < -0.39 is 0 Å². The smallest absolute Gasteiger partial charge is 0.135 e. The van der Waals surface area contributed by atoms with E-state index in [0.29, 0.717) is 61.8 Å². The molecule has 0 unspecified atom stereocenters. The zero-order valence-electron chi connectivity index (χ0n) is 81.4. The molecule has 0 spiro atoms. The molecule has 150 heavy (non-hydrogen) atoms. The molecule has 0 radical (unpaired) electrons. The van der Waals surface area contributed by atoms with E-state index in [9.17, 15) is 13.2 Å². The van der Waals surface area contributed by atoms with Crippen LogP contribution in [0.1, 0.15) is 33.4 Å². The number of anilines is 6. The molecule has 0 atom stereocenters. The average molecular weight is 2030 g/mol. The molecule has 12 aromatic carbocycles. The third kappa shape index (κ3) is 21.6. The number of aromatic nitrogens is 18. The number of aryl methyl sites for hydroxylation is 5. The van der Waals surface area contributed by atoms with Gasteiger partial charge in [-0.15, -0.1) is 0 Å². The number of nitrogens with two attached hydrogens (primary N) is 6. The Morgan fingerprint density at radius 1 is 0.193 bits per heavy atom. The molecule has 0 aliphatic carbocycles. The third-order valence-corrected chi connectivity index (χ3v) is 26.3. The van der Waals surface area contributed by atoms with Crippen LogP contribution in [-0.4, -0.2) is 89.7 Å². The van der Waals surface area contributed by atoms with Crippen molar-refractivity contribution in [2.24, 2.45) is 0 Å². The highest BCUT2D eigenvalue weighted by Crippen LogP contribution is 2.44. The van der Waals surface area contributed by atoms with Gasteiger partial charge < -0.3 is 34.4 Å². The van der Waals surface area contributed by atoms with Crippen LogP contribution >= 0.6 is 34.8 Å². The fourth-order valence-corrected chi connectivity index (χ4v) is 18.4. The molecule has 0 bridgehead atoms. The van der Waals surface area contributed by atoms with Gasteiger partial charge in [0.25, 0.3) is 0 Å². The largest absolute Gasteiger partial charge is 0.383 e. The summed E-state index contributed by atoms with van der Waals surface area (Å²) in [6.45, 7) is 11.7. The lowest BCUT2D eigenvalue weighted by Gasteiger charge is -2.13. The summed E-state index contributed by atoms with van der Waals surface area (Å²) in [5.41, 5.74) is 67.9. The summed E-state index contributed by atoms with van der Waals surface area (Å²) in [5.74, 6) is 1.82. The summed E-state index contributed by atoms with van der Waals surface area (Å²) in [6, 6.07) is 91.3. The van der Waals surface area contributed by atoms with Gasteiger partial charge in [-0.05, 0) is 278 Å². The van der Waals surface area contributed by atoms with E-state index in [2.05, 4.69) is 122 Å². The van der Waals surface area contributed by atoms with E-state index >= 15 is 0 Å². The zero-order valence-corrected chi connectivity index (χ0v) is 83.7. The van der Waals surface area contributed by atoms with E-state index in [1.54, 1.807) is 62.2 Å². The second kappa shape index (κ2) is 44.3. The molecule has 732 valence electrons. The van der Waals surface area contributed by atoms with Crippen LogP contribution in [0.25, 0.3) is 200 Å². The Morgan fingerprint density at radius 3 is 0.813 bits per heavy atom. The van der Waals surface area contributed by atoms with Crippen LogP contribution in [0, 0.1) is 59.0 Å². The van der Waals surface area contributed by atoms with Crippen molar-refractivity contribution in [3.8, 4) is 134 Å². The van der Waals surface area contributed by atoms with E-state index in [4.69, 9.17) is 69.2 Å². The van der Waals surface area contributed by atoms with Crippen molar-refractivity contribution in [1.82, 2.24) is 89.7 Å². The van der Waals surface area contributed by atoms with E-state index in [0.717, 1.165) is 216 Å². The van der Waals surface area contributed by atoms with Crippen molar-refractivity contribution in [1.29, 1.82) is 0 Å². The lowest BCUT2D eigenvalue weighted by molar-refractivity contribution is 0.621. The number of fused-ring (bicyclic) bond motifs is 6. The highest BCUT2D eigenvalue weighted by Gasteiger charge is 2.23. The topological polar surface area (TPSA) is 388 Å². The number of nitrogen functional groups attached to an aromatic ring is 6. The Kier molecular flexibility index (Phi) is 29.5. The zero-order chi connectivity index (χ0) is 104. The number of hydrogen-bond donors (Lipinski definition) is 6. The van der Waals surface area contributed by atoms with Gasteiger partial charge in [-0.2, -0.15) is 0 Å². The summed E-state index contributed by atoms with van der Waals surface area (Å²) in [7, 11) is 0. The number of halogens is 6. The SMILES string of the molecule is Cc1c(Cl)cccc1-c1ncccc1-c1ccc2ncnc(N)c2c1.Cc1cc(Cl)cc(-c2ncccc2-c2ccc3ncnc(N)c3c2)c1F.Cc1cc(F)ccc1-c1ncccc1-c1ccc2ncnc(N)c2c1.Cc1ccc(Cl)cc1-c1ncccc1-c1ccc2ncnc(N)c2c1.Cc1ccc(F)cc1-c1ncccc1-c1ccc2ncnc(N)c2c1.Cc1ccccc1-c1ncccc1-c1ccc2ncnc(N)c2c1. The lowest BCUT2D eigenvalue weighted by Crippen LogP contribution is -1.96. The number of hydrogen-bond acceptors (Lipinski definition) is 24. The molecular weight excluding hydrogens is 1940 g/mol. The molecule has 12 heterocycles. The maximum absolute atomic E-state index is 14.7. The number of rotatable bonds is 12. The first-order valence-corrected chi connectivity index (χ1v) is 48.3. The van der Waals surface area contributed by atoms with Gasteiger partial charge in [-0.25, -0.2) is 73.0 Å². The Bertz CT molecular complexity index is 8940. The molecule has 0 saturated heterocycles. The second-order valence-corrected chi connectivity index (χ2v) is 36.3. The maximum Gasteiger partial charge on any atom is 0.135 e. The van der Waals surface area contributed by atoms with Crippen LogP contribution in [0.3, 0.4) is 0 Å². The molecule has 30 heteroatoms. The van der Waals surface area contributed by atoms with Gasteiger partial charge in [0.1, 0.15) is 90.3 Å². The minimum absolute atomic E-state index is 0.255. The maximum atomic E-state index is 14.7. The molecular formula is C120H90Cl3F3N24. The fourth-order valence-electron chi connectivity index (χ4n) is 17.8. The molecule has 0 aliphatic heterocycles. The van der Waals surface area contributed by atoms with Gasteiger partial charge in [0.2, 0.25) is 0 Å². The third-order valence-electron chi connectivity index (χ3n) is 25.5. The summed E-state index contributed by atoms with van der Waals surface area (Å²) in [4.78, 5) is 77.1. The van der Waals surface area contributed by atoms with Crippen LogP contribution in [0.2, 0.25) is 15.1 Å². The molecule has 12 N–H and O–H groups in total. The second-order valence-electron chi connectivity index (χ2n) is 35.0. The molecule has 0 fully saturated rings. The van der Waals surface area contributed by atoms with Crippen molar-refractivity contribution >= 4 is 135 Å². The molecule has 12 aromatic heterocycles. The molecule has 24 aromatic rings. The van der Waals surface area contributed by atoms with Crippen LogP contribution in [0.5, 0.6) is 0 Å². The van der Waals surface area contributed by atoms with Crippen LogP contribution in [-0.2, 0) is 0 Å². The number of benzene rings is 12. The van der Waals surface area contributed by atoms with Crippen LogP contribution in [0.15, 0.2) is 366 Å². The molecule has 24 nitrogen and oxygen atoms in total. The summed E-state index contributed by atoms with van der Waals surface area (Å²) in [5, 5.41) is 6.72. The minimum atomic E-state index is -0.335. The summed E-state index contributed by atoms with van der Waals surface area (Å²) in [6.07, 6.45) is 19.2. The first kappa shape index (κ1) is 99.8. The monoisotopic (exact) mass is 2030 g/mol. The van der Waals surface area contributed by atoms with Crippen molar-refractivity contribution in [2.45, 2.75) is 41.5 Å². The minimum Gasteiger partial charge on any atom is -0.383 e. The standard InChI is InChI=1S/C20H14ClFN4.2C20H15ClN4.2C20H15FN4.C20H16N4/c1-11-7-13(21)9-16(18(11)22)19-14(3-2-6-24-19)12-4-5-17-15(8-12)20(23)26-10-25-17;1-12-14(4-2-6-17(12)21)19-15(5-3-9-23-19)13-7-8-18-16(10-13)20(22)25-11-24-18;1-12-4-6-14(21)10-16(12)19-15(3-2-8-23-19)13-5-7-18-17(9-13)20(22)25-11-24-18;1-12-9-14(21)5-6-15(12)19-16(3-2-8-23-19)13-4-7-18-17(10-13)20(22)25-11-24-18;1-12-4-6-14(21)10-16(12)19-15(3-2-8-23-19)13-5-7-18-17(9-13)20(22)25-11-24-18;1-13-5-2-3-6-15(13)19-16(7-4-10-22-19)14-8-9-18-17(11-14)20(21)24-12-23-18/h2-10H,1H3,(H2,23,25,26);4*2-11H,1H3,(H2,22,24,25);2-12H,1H3,(H2,21,23,24). The van der Waals surface area contributed by atoms with Crippen molar-refractivity contribution in [3.05, 3.63) is 432 Å². The summed E-state index contributed by atoms with van der Waals surface area (Å²) < 4.78 is 42.0. The predicted octanol–water partition coefficient (Wildman–Crippen LogP) is 27.9. The lowest BCUT2D eigenvalue weighted by atomic mass is 9.96. The highest BCUT2D eigenvalue weighted by molar-refractivity contribution is 6.32. The van der Waals surface area contributed by atoms with Crippen molar-refractivity contribution in [3.63, 3.8) is 0 Å². The Morgan fingerprint density at radius 2 is 0.467 bits per heavy atom. The van der Waals surface area contributed by atoms with Crippen LogP contribution < -0.4 is 34.4 Å². The molecule has 0 aliphatic rings. The van der Waals surface area contributed by atoms with Gasteiger partial charge >= 0.3 is 0 Å². The Balaban J connectivity index is 0.000000113. The quantitative estimate of drug-likeness (QED) is 0.0661. The van der Waals surface area contributed by atoms with Crippen molar-refractivity contribution < 1.29 is 13.2 Å². The first-order valence-electron chi connectivity index (χ1n) is 47.1. The summed E-state index contributed by atoms with van der Waals surface area (Å²) >= 11 is 18.6. The van der Waals surface area contributed by atoms with Gasteiger partial charge in [-0.3, -0.25) is 29.9 Å². The van der Waals surface area contributed by atoms with Gasteiger partial charge in [0, 0.05) is 151 Å². The van der Waals surface area contributed by atoms with E-state index in [1.807, 2.05) is 251 Å². The Labute approximate surface area is 874 Å². The van der Waals surface area contributed by atoms with Crippen molar-refractivity contribution in [2.75, 3.05) is 34.4 Å². The van der Waals surface area contributed by atoms with Gasteiger partial charge in [-0.1, -0.05) is 156 Å². The highest BCUT2D eigenvalue weighted by atomic mass is 35.5. The molecule has 0 saturated carbocycles.